The number of rotatable bonds is 2. The van der Waals surface area contributed by atoms with E-state index in [-0.39, 0.29) is 5.91 Å². The van der Waals surface area contributed by atoms with Crippen LogP contribution < -0.4 is 11.1 Å². The number of para-hydroxylation sites is 1. The number of benzene rings is 2. The average Bonchev–Trinajstić information content (AvgIpc) is 2.40. The van der Waals surface area contributed by atoms with Crippen molar-refractivity contribution in [2.45, 2.75) is 0 Å². The Bertz CT molecular complexity index is 612. The number of hydrogen-bond donors (Lipinski definition) is 2. The Morgan fingerprint density at radius 1 is 1.11 bits per heavy atom. The summed E-state index contributed by atoms with van der Waals surface area (Å²) in [5.41, 5.74) is 7.58. The lowest BCUT2D eigenvalue weighted by Crippen LogP contribution is -2.12. The van der Waals surface area contributed by atoms with Crippen LogP contribution in [0.4, 0.5) is 11.4 Å². The number of nitrogens with two attached hydrogens (primary N) is 1. The van der Waals surface area contributed by atoms with Crippen LogP contribution in [0, 0.1) is 11.3 Å². The maximum Gasteiger partial charge on any atom is 0.255 e. The predicted octanol–water partition coefficient (Wildman–Crippen LogP) is 2.39. The van der Waals surface area contributed by atoms with Gasteiger partial charge in [-0.15, -0.1) is 0 Å². The van der Waals surface area contributed by atoms with E-state index in [1.165, 1.54) is 0 Å². The molecule has 0 spiro atoms. The van der Waals surface area contributed by atoms with Gasteiger partial charge in [-0.1, -0.05) is 12.1 Å². The van der Waals surface area contributed by atoms with Crippen LogP contribution in [0.5, 0.6) is 0 Å². The molecule has 2 aromatic carbocycles. The predicted molar refractivity (Wildman–Crippen MR) is 70.0 cm³/mol. The largest absolute Gasteiger partial charge is 0.399 e. The van der Waals surface area contributed by atoms with Crippen molar-refractivity contribution in [2.24, 2.45) is 0 Å². The molecule has 0 saturated carbocycles. The zero-order chi connectivity index (χ0) is 13.0. The highest BCUT2D eigenvalue weighted by Gasteiger charge is 2.08. The molecule has 3 N–H and O–H groups in total. The van der Waals surface area contributed by atoms with Crippen LogP contribution in [0.25, 0.3) is 0 Å². The van der Waals surface area contributed by atoms with Gasteiger partial charge in [-0.25, -0.2) is 0 Å². The summed E-state index contributed by atoms with van der Waals surface area (Å²) in [6.07, 6.45) is 0. The third-order valence-electron chi connectivity index (χ3n) is 2.47. The zero-order valence-electron chi connectivity index (χ0n) is 9.55. The second kappa shape index (κ2) is 5.02. The number of hydrogen-bond acceptors (Lipinski definition) is 3. The zero-order valence-corrected chi connectivity index (χ0v) is 9.55. The Kier molecular flexibility index (Phi) is 3.26. The molecule has 2 aromatic rings. The van der Waals surface area contributed by atoms with Gasteiger partial charge in [0.25, 0.3) is 5.91 Å². The molecule has 0 aliphatic carbocycles. The molecule has 0 unspecified atom stereocenters. The van der Waals surface area contributed by atoms with Crippen molar-refractivity contribution in [3.8, 4) is 6.07 Å². The monoisotopic (exact) mass is 237 g/mol. The van der Waals surface area contributed by atoms with Crippen LogP contribution in [-0.2, 0) is 0 Å². The molecule has 0 radical (unpaired) electrons. The first-order chi connectivity index (χ1) is 8.70. The quantitative estimate of drug-likeness (QED) is 0.787. The summed E-state index contributed by atoms with van der Waals surface area (Å²) in [4.78, 5) is 11.9. The van der Waals surface area contributed by atoms with Gasteiger partial charge in [0.05, 0.1) is 11.3 Å². The molecule has 0 aliphatic rings. The van der Waals surface area contributed by atoms with E-state index in [2.05, 4.69) is 5.32 Å². The summed E-state index contributed by atoms with van der Waals surface area (Å²) in [6, 6.07) is 15.5. The summed E-state index contributed by atoms with van der Waals surface area (Å²) in [5, 5.41) is 11.6. The Balaban J connectivity index is 2.22. The van der Waals surface area contributed by atoms with E-state index in [9.17, 15) is 4.79 Å². The van der Waals surface area contributed by atoms with Crippen molar-refractivity contribution >= 4 is 17.3 Å². The second-order valence-electron chi connectivity index (χ2n) is 3.73. The summed E-state index contributed by atoms with van der Waals surface area (Å²) in [5.74, 6) is -0.266. The standard InChI is InChI=1S/C14H11N3O/c15-9-11-3-1-2-4-13(11)17-14(18)10-5-7-12(16)8-6-10/h1-8H,16H2,(H,17,18). The fourth-order valence-corrected chi connectivity index (χ4v) is 1.52. The first-order valence-electron chi connectivity index (χ1n) is 5.37. The van der Waals surface area contributed by atoms with Crippen molar-refractivity contribution in [3.05, 3.63) is 59.7 Å². The van der Waals surface area contributed by atoms with E-state index in [1.807, 2.05) is 6.07 Å². The second-order valence-corrected chi connectivity index (χ2v) is 3.73. The van der Waals surface area contributed by atoms with Crippen molar-refractivity contribution in [2.75, 3.05) is 11.1 Å². The van der Waals surface area contributed by atoms with Crippen LogP contribution in [-0.4, -0.2) is 5.91 Å². The van der Waals surface area contributed by atoms with Crippen LogP contribution >= 0.6 is 0 Å². The van der Waals surface area contributed by atoms with E-state index in [0.717, 1.165) is 0 Å². The smallest absolute Gasteiger partial charge is 0.255 e. The molecule has 0 saturated heterocycles. The van der Waals surface area contributed by atoms with E-state index in [4.69, 9.17) is 11.0 Å². The minimum Gasteiger partial charge on any atom is -0.399 e. The molecule has 2 rings (SSSR count). The summed E-state index contributed by atoms with van der Waals surface area (Å²) in [6.45, 7) is 0. The van der Waals surface area contributed by atoms with Gasteiger partial charge >= 0.3 is 0 Å². The number of nitrogens with zero attached hydrogens (tertiary/aromatic N) is 1. The number of carbonyl (C=O) groups is 1. The van der Waals surface area contributed by atoms with Crippen LogP contribution in [0.15, 0.2) is 48.5 Å². The first-order valence-corrected chi connectivity index (χ1v) is 5.37. The van der Waals surface area contributed by atoms with Crippen molar-refractivity contribution in [1.29, 1.82) is 5.26 Å². The van der Waals surface area contributed by atoms with Gasteiger partial charge in [-0.05, 0) is 36.4 Å². The summed E-state index contributed by atoms with van der Waals surface area (Å²) in [7, 11) is 0. The molecule has 88 valence electrons. The number of carbonyl (C=O) groups excluding carboxylic acids is 1. The van der Waals surface area contributed by atoms with Crippen LogP contribution in [0.1, 0.15) is 15.9 Å². The van der Waals surface area contributed by atoms with Crippen LogP contribution in [0.3, 0.4) is 0 Å². The first kappa shape index (κ1) is 11.7. The molecule has 0 aliphatic heterocycles. The molecule has 1 amide bonds. The Hall–Kier alpha value is -2.80. The molecular weight excluding hydrogens is 226 g/mol. The molecule has 0 bridgehead atoms. The molecule has 0 fully saturated rings. The van der Waals surface area contributed by atoms with Gasteiger partial charge < -0.3 is 11.1 Å². The topological polar surface area (TPSA) is 78.9 Å². The average molecular weight is 237 g/mol. The fraction of sp³-hybridized carbons (Fsp3) is 0. The Morgan fingerprint density at radius 2 is 1.78 bits per heavy atom. The number of nitrogen functional groups attached to an aromatic ring is 1. The Morgan fingerprint density at radius 3 is 2.44 bits per heavy atom. The maximum atomic E-state index is 11.9. The van der Waals surface area contributed by atoms with Gasteiger partial charge in [-0.2, -0.15) is 5.26 Å². The van der Waals surface area contributed by atoms with Gasteiger partial charge in [0, 0.05) is 11.3 Å². The molecule has 0 atom stereocenters. The highest BCUT2D eigenvalue weighted by molar-refractivity contribution is 6.05. The minimum absolute atomic E-state index is 0.266. The van der Waals surface area contributed by atoms with Crippen molar-refractivity contribution in [3.63, 3.8) is 0 Å². The summed E-state index contributed by atoms with van der Waals surface area (Å²) >= 11 is 0. The molecule has 0 aromatic heterocycles. The third-order valence-corrected chi connectivity index (χ3v) is 2.47. The highest BCUT2D eigenvalue weighted by Crippen LogP contribution is 2.15. The molecule has 0 heterocycles. The van der Waals surface area contributed by atoms with Gasteiger partial charge in [0.1, 0.15) is 6.07 Å². The lowest BCUT2D eigenvalue weighted by Gasteiger charge is -2.06. The lowest BCUT2D eigenvalue weighted by atomic mass is 10.1. The van der Waals surface area contributed by atoms with E-state index in [0.29, 0.717) is 22.5 Å². The number of amides is 1. The molecule has 18 heavy (non-hydrogen) atoms. The number of anilines is 2. The molecule has 4 heteroatoms. The van der Waals surface area contributed by atoms with Gasteiger partial charge in [-0.3, -0.25) is 4.79 Å². The fourth-order valence-electron chi connectivity index (χ4n) is 1.52. The summed E-state index contributed by atoms with van der Waals surface area (Å²) < 4.78 is 0. The third kappa shape index (κ3) is 2.47. The molecular formula is C14H11N3O. The number of nitriles is 1. The van der Waals surface area contributed by atoms with Crippen LogP contribution in [0.2, 0.25) is 0 Å². The molecule has 4 nitrogen and oxygen atoms in total. The Labute approximate surface area is 105 Å². The van der Waals surface area contributed by atoms with Gasteiger partial charge in [0.15, 0.2) is 0 Å². The minimum atomic E-state index is -0.266. The van der Waals surface area contributed by atoms with E-state index < -0.39 is 0 Å². The highest BCUT2D eigenvalue weighted by atomic mass is 16.1. The van der Waals surface area contributed by atoms with Gasteiger partial charge in [0.2, 0.25) is 0 Å². The maximum absolute atomic E-state index is 11.9. The van der Waals surface area contributed by atoms with E-state index in [1.54, 1.807) is 48.5 Å². The van der Waals surface area contributed by atoms with Crippen molar-refractivity contribution in [1.82, 2.24) is 0 Å². The normalized spacial score (nSPS) is 9.50. The SMILES string of the molecule is N#Cc1ccccc1NC(=O)c1ccc(N)cc1. The number of nitrogens with one attached hydrogen (secondary N) is 1. The van der Waals surface area contributed by atoms with E-state index >= 15 is 0 Å². The van der Waals surface area contributed by atoms with Crippen molar-refractivity contribution < 1.29 is 4.79 Å². The lowest BCUT2D eigenvalue weighted by molar-refractivity contribution is 0.102.